The zero-order chi connectivity index (χ0) is 14.9. The Kier molecular flexibility index (Phi) is 3.67. The van der Waals surface area contributed by atoms with E-state index in [0.29, 0.717) is 16.9 Å². The lowest BCUT2D eigenvalue weighted by Gasteiger charge is -2.13. The highest BCUT2D eigenvalue weighted by Crippen LogP contribution is 2.24. The summed E-state index contributed by atoms with van der Waals surface area (Å²) in [6, 6.07) is 8.57. The van der Waals surface area contributed by atoms with Crippen molar-refractivity contribution < 1.29 is 12.8 Å². The zero-order valence-electron chi connectivity index (χ0n) is 11.1. The molecule has 0 amide bonds. The Labute approximate surface area is 117 Å². The van der Waals surface area contributed by atoms with E-state index in [4.69, 9.17) is 5.73 Å². The molecule has 4 nitrogen and oxygen atoms in total. The SMILES string of the molecule is Cc1ccc(N)cc1NS(=O)(=O)c1cc(F)ccc1C. The number of benzene rings is 2. The molecule has 0 saturated carbocycles. The first kappa shape index (κ1) is 14.3. The van der Waals surface area contributed by atoms with Crippen molar-refractivity contribution in [2.45, 2.75) is 18.7 Å². The second kappa shape index (κ2) is 5.13. The molecule has 0 atom stereocenters. The first-order valence-electron chi connectivity index (χ1n) is 5.95. The molecule has 0 heterocycles. The first-order valence-corrected chi connectivity index (χ1v) is 7.43. The van der Waals surface area contributed by atoms with E-state index in [9.17, 15) is 12.8 Å². The summed E-state index contributed by atoms with van der Waals surface area (Å²) in [7, 11) is -3.85. The van der Waals surface area contributed by atoms with Crippen molar-refractivity contribution in [2.24, 2.45) is 0 Å². The van der Waals surface area contributed by atoms with Gasteiger partial charge in [-0.15, -0.1) is 0 Å². The van der Waals surface area contributed by atoms with E-state index in [1.807, 2.05) is 0 Å². The highest BCUT2D eigenvalue weighted by Gasteiger charge is 2.18. The Morgan fingerprint density at radius 3 is 2.40 bits per heavy atom. The van der Waals surface area contributed by atoms with Gasteiger partial charge in [-0.1, -0.05) is 12.1 Å². The van der Waals surface area contributed by atoms with Gasteiger partial charge in [-0.3, -0.25) is 4.72 Å². The molecule has 0 aliphatic rings. The van der Waals surface area contributed by atoms with Crippen molar-refractivity contribution in [1.82, 2.24) is 0 Å². The van der Waals surface area contributed by atoms with Gasteiger partial charge in [-0.05, 0) is 49.2 Å². The fourth-order valence-corrected chi connectivity index (χ4v) is 3.19. The van der Waals surface area contributed by atoms with E-state index >= 15 is 0 Å². The van der Waals surface area contributed by atoms with E-state index in [0.717, 1.165) is 11.6 Å². The second-order valence-corrected chi connectivity index (χ2v) is 6.24. The van der Waals surface area contributed by atoms with Crippen LogP contribution in [0.25, 0.3) is 0 Å². The van der Waals surface area contributed by atoms with Crippen molar-refractivity contribution in [3.63, 3.8) is 0 Å². The molecule has 0 unspecified atom stereocenters. The average Bonchev–Trinajstić information content (AvgIpc) is 2.36. The normalized spacial score (nSPS) is 11.3. The highest BCUT2D eigenvalue weighted by molar-refractivity contribution is 7.92. The number of halogens is 1. The molecule has 106 valence electrons. The lowest BCUT2D eigenvalue weighted by Crippen LogP contribution is -2.15. The first-order chi connectivity index (χ1) is 9.29. The number of nitrogens with one attached hydrogen (secondary N) is 1. The van der Waals surface area contributed by atoms with Gasteiger partial charge in [0.25, 0.3) is 10.0 Å². The van der Waals surface area contributed by atoms with Crippen LogP contribution in [0.1, 0.15) is 11.1 Å². The number of nitrogen functional groups attached to an aromatic ring is 1. The summed E-state index contributed by atoms with van der Waals surface area (Å²) in [4.78, 5) is -0.0840. The van der Waals surface area contributed by atoms with Crippen molar-refractivity contribution in [3.8, 4) is 0 Å². The van der Waals surface area contributed by atoms with Gasteiger partial charge in [0, 0.05) is 5.69 Å². The summed E-state index contributed by atoms with van der Waals surface area (Å²) in [6.07, 6.45) is 0. The molecule has 20 heavy (non-hydrogen) atoms. The van der Waals surface area contributed by atoms with Crippen LogP contribution in [0.5, 0.6) is 0 Å². The number of sulfonamides is 1. The molecule has 3 N–H and O–H groups in total. The minimum Gasteiger partial charge on any atom is -0.399 e. The molecule has 0 saturated heterocycles. The monoisotopic (exact) mass is 294 g/mol. The number of anilines is 2. The van der Waals surface area contributed by atoms with Gasteiger partial charge in [0.15, 0.2) is 0 Å². The summed E-state index contributed by atoms with van der Waals surface area (Å²) >= 11 is 0. The van der Waals surface area contributed by atoms with Crippen LogP contribution in [-0.4, -0.2) is 8.42 Å². The Morgan fingerprint density at radius 2 is 1.70 bits per heavy atom. The summed E-state index contributed by atoms with van der Waals surface area (Å²) in [5.74, 6) is -0.597. The molecule has 0 aromatic heterocycles. The third kappa shape index (κ3) is 2.91. The van der Waals surface area contributed by atoms with Crippen LogP contribution in [0.15, 0.2) is 41.3 Å². The topological polar surface area (TPSA) is 72.2 Å². The molecule has 0 spiro atoms. The number of rotatable bonds is 3. The van der Waals surface area contributed by atoms with Crippen molar-refractivity contribution in [2.75, 3.05) is 10.5 Å². The molecule has 2 aromatic rings. The molecule has 0 fully saturated rings. The minimum atomic E-state index is -3.85. The molecular formula is C14H15FN2O2S. The predicted molar refractivity (Wildman–Crippen MR) is 77.5 cm³/mol. The van der Waals surface area contributed by atoms with Crippen LogP contribution >= 0.6 is 0 Å². The van der Waals surface area contributed by atoms with Crippen molar-refractivity contribution in [1.29, 1.82) is 0 Å². The summed E-state index contributed by atoms with van der Waals surface area (Å²) in [5.41, 5.74) is 7.68. The smallest absolute Gasteiger partial charge is 0.262 e. The molecule has 0 radical (unpaired) electrons. The fraction of sp³-hybridized carbons (Fsp3) is 0.143. The standard InChI is InChI=1S/C14H15FN2O2S/c1-9-4-6-12(16)8-13(9)17-20(18,19)14-7-11(15)5-3-10(14)2/h3-8,17H,16H2,1-2H3. The van der Waals surface area contributed by atoms with Crippen LogP contribution in [0.4, 0.5) is 15.8 Å². The van der Waals surface area contributed by atoms with Gasteiger partial charge >= 0.3 is 0 Å². The van der Waals surface area contributed by atoms with Crippen molar-refractivity contribution in [3.05, 3.63) is 53.3 Å². The van der Waals surface area contributed by atoms with Gasteiger partial charge in [0.2, 0.25) is 0 Å². The fourth-order valence-electron chi connectivity index (χ4n) is 1.81. The van der Waals surface area contributed by atoms with Crippen LogP contribution in [0, 0.1) is 19.7 Å². The second-order valence-electron chi connectivity index (χ2n) is 4.59. The van der Waals surface area contributed by atoms with Crippen molar-refractivity contribution >= 4 is 21.4 Å². The summed E-state index contributed by atoms with van der Waals surface area (Å²) < 4.78 is 40.3. The molecule has 0 aliphatic heterocycles. The van der Waals surface area contributed by atoms with E-state index in [1.165, 1.54) is 18.2 Å². The Morgan fingerprint density at radius 1 is 1.05 bits per heavy atom. The lowest BCUT2D eigenvalue weighted by molar-refractivity contribution is 0.594. The van der Waals surface area contributed by atoms with E-state index < -0.39 is 15.8 Å². The third-order valence-corrected chi connectivity index (χ3v) is 4.45. The molecule has 2 rings (SSSR count). The van der Waals surface area contributed by atoms with Gasteiger partial charge in [-0.25, -0.2) is 12.8 Å². The maximum Gasteiger partial charge on any atom is 0.262 e. The molecule has 0 aliphatic carbocycles. The highest BCUT2D eigenvalue weighted by atomic mass is 32.2. The largest absolute Gasteiger partial charge is 0.399 e. The predicted octanol–water partition coefficient (Wildman–Crippen LogP) is 2.83. The zero-order valence-corrected chi connectivity index (χ0v) is 12.0. The third-order valence-electron chi connectivity index (χ3n) is 2.95. The van der Waals surface area contributed by atoms with E-state index in [-0.39, 0.29) is 4.90 Å². The van der Waals surface area contributed by atoms with Gasteiger partial charge < -0.3 is 5.73 Å². The number of aryl methyl sites for hydroxylation is 2. The molecule has 0 bridgehead atoms. The van der Waals surface area contributed by atoms with Gasteiger partial charge in [-0.2, -0.15) is 0 Å². The van der Waals surface area contributed by atoms with Gasteiger partial charge in [0.05, 0.1) is 10.6 Å². The van der Waals surface area contributed by atoms with Crippen LogP contribution in [-0.2, 0) is 10.0 Å². The number of nitrogens with two attached hydrogens (primary N) is 1. The van der Waals surface area contributed by atoms with E-state index in [2.05, 4.69) is 4.72 Å². The maximum atomic E-state index is 13.2. The minimum absolute atomic E-state index is 0.0840. The van der Waals surface area contributed by atoms with Crippen LogP contribution in [0.3, 0.4) is 0 Å². The average molecular weight is 294 g/mol. The lowest BCUT2D eigenvalue weighted by atomic mass is 10.2. The van der Waals surface area contributed by atoms with Crippen LogP contribution < -0.4 is 10.5 Å². The van der Waals surface area contributed by atoms with Crippen LogP contribution in [0.2, 0.25) is 0 Å². The molecular weight excluding hydrogens is 279 g/mol. The summed E-state index contributed by atoms with van der Waals surface area (Å²) in [6.45, 7) is 3.37. The number of hydrogen-bond donors (Lipinski definition) is 2. The van der Waals surface area contributed by atoms with Gasteiger partial charge in [0.1, 0.15) is 5.82 Å². The number of hydrogen-bond acceptors (Lipinski definition) is 3. The summed E-state index contributed by atoms with van der Waals surface area (Å²) in [5, 5.41) is 0. The van der Waals surface area contributed by atoms with E-state index in [1.54, 1.807) is 26.0 Å². The Hall–Kier alpha value is -2.08. The molecule has 2 aromatic carbocycles. The quantitative estimate of drug-likeness (QED) is 0.855. The Bertz CT molecular complexity index is 758. The maximum absolute atomic E-state index is 13.2. The Balaban J connectivity index is 2.46. The molecule has 6 heteroatoms.